The number of nitrogens with zero attached hydrogens (tertiary/aromatic N) is 1. The summed E-state index contributed by atoms with van der Waals surface area (Å²) in [6.07, 6.45) is 3.60. The molecule has 1 spiro atoms. The van der Waals surface area contributed by atoms with E-state index < -0.39 is 11.2 Å². The first kappa shape index (κ1) is 16.6. The van der Waals surface area contributed by atoms with Crippen LogP contribution in [-0.2, 0) is 0 Å². The van der Waals surface area contributed by atoms with Gasteiger partial charge in [0.15, 0.2) is 5.78 Å². The molecule has 1 atom stereocenters. The molecule has 1 aromatic heterocycles. The summed E-state index contributed by atoms with van der Waals surface area (Å²) in [5.41, 5.74) is -0.0470. The number of likely N-dealkylation sites (tertiary alicyclic amines) is 1. The minimum atomic E-state index is -0.552. The highest BCUT2D eigenvalue weighted by Gasteiger charge is 2.42. The predicted molar refractivity (Wildman–Crippen MR) is 93.5 cm³/mol. The summed E-state index contributed by atoms with van der Waals surface area (Å²) in [4.78, 5) is 38.0. The van der Waals surface area contributed by atoms with E-state index >= 15 is 0 Å². The molecule has 0 aliphatic carbocycles. The molecule has 1 amide bonds. The minimum absolute atomic E-state index is 0.0939. The second kappa shape index (κ2) is 6.44. The van der Waals surface area contributed by atoms with Gasteiger partial charge in [-0.05, 0) is 31.0 Å². The number of benzene rings is 1. The van der Waals surface area contributed by atoms with Crippen LogP contribution < -0.4 is 10.4 Å². The number of ketones is 1. The van der Waals surface area contributed by atoms with Crippen molar-refractivity contribution in [2.24, 2.45) is 0 Å². The van der Waals surface area contributed by atoms with Gasteiger partial charge >= 0.3 is 5.63 Å². The van der Waals surface area contributed by atoms with Gasteiger partial charge in [0.25, 0.3) is 5.91 Å². The van der Waals surface area contributed by atoms with Crippen molar-refractivity contribution in [1.82, 2.24) is 4.90 Å². The van der Waals surface area contributed by atoms with Crippen LogP contribution in [0.3, 0.4) is 0 Å². The van der Waals surface area contributed by atoms with E-state index in [4.69, 9.17) is 9.15 Å². The molecule has 1 unspecified atom stereocenters. The van der Waals surface area contributed by atoms with Crippen LogP contribution >= 0.6 is 0 Å². The summed E-state index contributed by atoms with van der Waals surface area (Å²) in [5, 5.41) is 0. The van der Waals surface area contributed by atoms with Crippen LogP contribution in [-0.4, -0.2) is 35.3 Å². The molecule has 0 saturated carbocycles. The second-order valence-electron chi connectivity index (χ2n) is 6.87. The van der Waals surface area contributed by atoms with E-state index in [1.165, 1.54) is 18.4 Å². The third kappa shape index (κ3) is 3.03. The molecule has 0 N–H and O–H groups in total. The van der Waals surface area contributed by atoms with E-state index in [1.54, 1.807) is 11.0 Å². The van der Waals surface area contributed by atoms with Crippen molar-refractivity contribution in [3.63, 3.8) is 0 Å². The third-order valence-corrected chi connectivity index (χ3v) is 5.13. The first-order chi connectivity index (χ1) is 12.6. The SMILES string of the molecule is O=C1CC2(CCCN(C(=O)c3ccc(=O)oc3)CC2)Oc2ccccc21. The number of amides is 1. The Hall–Kier alpha value is -2.89. The topological polar surface area (TPSA) is 76.8 Å². The smallest absolute Gasteiger partial charge is 0.335 e. The zero-order valence-corrected chi connectivity index (χ0v) is 14.3. The van der Waals surface area contributed by atoms with Gasteiger partial charge in [-0.2, -0.15) is 0 Å². The Kier molecular flexibility index (Phi) is 4.11. The molecule has 6 nitrogen and oxygen atoms in total. The average Bonchev–Trinajstić information content (AvgIpc) is 2.84. The molecule has 4 rings (SSSR count). The molecule has 2 aliphatic heterocycles. The van der Waals surface area contributed by atoms with E-state index in [2.05, 4.69) is 0 Å². The Balaban J connectivity index is 1.52. The number of para-hydroxylation sites is 1. The molecule has 1 aromatic carbocycles. The van der Waals surface area contributed by atoms with Gasteiger partial charge < -0.3 is 14.1 Å². The van der Waals surface area contributed by atoms with Crippen LogP contribution in [0, 0.1) is 0 Å². The molecular weight excluding hydrogens is 334 g/mol. The number of ether oxygens (including phenoxy) is 1. The molecule has 3 heterocycles. The maximum atomic E-state index is 12.7. The molecule has 134 valence electrons. The summed E-state index contributed by atoms with van der Waals surface area (Å²) in [6, 6.07) is 10.0. The lowest BCUT2D eigenvalue weighted by Gasteiger charge is -2.37. The van der Waals surface area contributed by atoms with Crippen LogP contribution in [0.1, 0.15) is 46.4 Å². The van der Waals surface area contributed by atoms with Crippen molar-refractivity contribution < 1.29 is 18.7 Å². The van der Waals surface area contributed by atoms with Gasteiger partial charge in [-0.3, -0.25) is 9.59 Å². The van der Waals surface area contributed by atoms with Crippen LogP contribution in [0.2, 0.25) is 0 Å². The average molecular weight is 353 g/mol. The van der Waals surface area contributed by atoms with E-state index in [-0.39, 0.29) is 11.7 Å². The van der Waals surface area contributed by atoms with Gasteiger partial charge in [0.1, 0.15) is 17.6 Å². The number of rotatable bonds is 1. The van der Waals surface area contributed by atoms with Gasteiger partial charge in [0.05, 0.1) is 17.5 Å². The molecule has 0 bridgehead atoms. The maximum absolute atomic E-state index is 12.7. The zero-order valence-electron chi connectivity index (χ0n) is 14.3. The zero-order chi connectivity index (χ0) is 18.1. The number of fused-ring (bicyclic) bond motifs is 1. The number of hydrogen-bond acceptors (Lipinski definition) is 5. The highest BCUT2D eigenvalue weighted by atomic mass is 16.5. The predicted octanol–water partition coefficient (Wildman–Crippen LogP) is 2.67. The monoisotopic (exact) mass is 353 g/mol. The molecule has 6 heteroatoms. The van der Waals surface area contributed by atoms with E-state index in [9.17, 15) is 14.4 Å². The summed E-state index contributed by atoms with van der Waals surface area (Å²) < 4.78 is 11.0. The number of Topliss-reactive ketones (excluding diaryl/α,β-unsaturated/α-hetero) is 1. The van der Waals surface area contributed by atoms with Crippen molar-refractivity contribution in [1.29, 1.82) is 0 Å². The van der Waals surface area contributed by atoms with Crippen molar-refractivity contribution in [3.8, 4) is 5.75 Å². The fourth-order valence-corrected chi connectivity index (χ4v) is 3.75. The number of carbonyl (C=O) groups is 2. The highest BCUT2D eigenvalue weighted by Crippen LogP contribution is 2.39. The Bertz CT molecular complexity index is 898. The van der Waals surface area contributed by atoms with Crippen molar-refractivity contribution in [2.75, 3.05) is 13.1 Å². The Labute approximate surface area is 150 Å². The van der Waals surface area contributed by atoms with Crippen LogP contribution in [0.25, 0.3) is 0 Å². The molecule has 1 fully saturated rings. The molecule has 2 aliphatic rings. The van der Waals surface area contributed by atoms with E-state index in [0.29, 0.717) is 42.8 Å². The summed E-state index contributed by atoms with van der Waals surface area (Å²) in [7, 11) is 0. The highest BCUT2D eigenvalue weighted by molar-refractivity contribution is 6.00. The number of hydrogen-bond donors (Lipinski definition) is 0. The molecule has 26 heavy (non-hydrogen) atoms. The lowest BCUT2D eigenvalue weighted by molar-refractivity contribution is 0.0300. The lowest BCUT2D eigenvalue weighted by Crippen LogP contribution is -2.43. The van der Waals surface area contributed by atoms with Crippen molar-refractivity contribution >= 4 is 11.7 Å². The Morgan fingerprint density at radius 1 is 1.04 bits per heavy atom. The molecule has 1 saturated heterocycles. The fraction of sp³-hybridized carbons (Fsp3) is 0.350. The summed E-state index contributed by atoms with van der Waals surface area (Å²) in [6.45, 7) is 1.08. The first-order valence-corrected chi connectivity index (χ1v) is 8.76. The van der Waals surface area contributed by atoms with E-state index in [0.717, 1.165) is 12.8 Å². The van der Waals surface area contributed by atoms with Gasteiger partial charge in [-0.25, -0.2) is 4.79 Å². The van der Waals surface area contributed by atoms with Crippen LogP contribution in [0.15, 0.2) is 51.9 Å². The second-order valence-corrected chi connectivity index (χ2v) is 6.87. The maximum Gasteiger partial charge on any atom is 0.335 e. The van der Waals surface area contributed by atoms with Gasteiger partial charge in [-0.1, -0.05) is 12.1 Å². The van der Waals surface area contributed by atoms with Gasteiger partial charge in [0, 0.05) is 25.6 Å². The number of carbonyl (C=O) groups excluding carboxylic acids is 2. The summed E-state index contributed by atoms with van der Waals surface area (Å²) in [5.74, 6) is 0.554. The van der Waals surface area contributed by atoms with Crippen molar-refractivity contribution in [3.05, 3.63) is 64.2 Å². The molecule has 2 aromatic rings. The normalized spacial score (nSPS) is 22.5. The lowest BCUT2D eigenvalue weighted by atomic mass is 9.84. The standard InChI is InChI=1S/C20H19NO5/c22-16-12-20(26-17-5-2-1-4-15(16)17)8-3-10-21(11-9-20)19(24)14-6-7-18(23)25-13-14/h1-2,4-7,13H,3,8-12H2. The van der Waals surface area contributed by atoms with Crippen LogP contribution in [0.4, 0.5) is 0 Å². The molecular formula is C20H19NO5. The first-order valence-electron chi connectivity index (χ1n) is 8.76. The fourth-order valence-electron chi connectivity index (χ4n) is 3.75. The molecule has 0 radical (unpaired) electrons. The van der Waals surface area contributed by atoms with Gasteiger partial charge in [0.2, 0.25) is 0 Å². The largest absolute Gasteiger partial charge is 0.486 e. The third-order valence-electron chi connectivity index (χ3n) is 5.13. The Morgan fingerprint density at radius 2 is 1.88 bits per heavy atom. The van der Waals surface area contributed by atoms with Crippen molar-refractivity contribution in [2.45, 2.75) is 31.3 Å². The Morgan fingerprint density at radius 3 is 2.69 bits per heavy atom. The van der Waals surface area contributed by atoms with Crippen LogP contribution in [0.5, 0.6) is 5.75 Å². The van der Waals surface area contributed by atoms with Gasteiger partial charge in [-0.15, -0.1) is 0 Å². The summed E-state index contributed by atoms with van der Waals surface area (Å²) >= 11 is 0. The minimum Gasteiger partial charge on any atom is -0.486 e. The van der Waals surface area contributed by atoms with E-state index in [1.807, 2.05) is 18.2 Å². The quantitative estimate of drug-likeness (QED) is 0.788.